The Labute approximate surface area is 430 Å². The molecule has 1 saturated heterocycles. The number of nitrogens with one attached hydrogen (secondary N) is 3. The number of pyridine rings is 1. The third-order valence-electron chi connectivity index (χ3n) is 12.1. The lowest BCUT2D eigenvalue weighted by Gasteiger charge is -2.27. The van der Waals surface area contributed by atoms with E-state index in [1.807, 2.05) is 30.7 Å². The molecule has 0 atom stereocenters. The third kappa shape index (κ3) is 13.2. The summed E-state index contributed by atoms with van der Waals surface area (Å²) in [5.41, 5.74) is 0.872. The van der Waals surface area contributed by atoms with Crippen LogP contribution in [0.4, 0.5) is 35.6 Å². The van der Waals surface area contributed by atoms with Gasteiger partial charge < -0.3 is 38.7 Å². The van der Waals surface area contributed by atoms with Crippen molar-refractivity contribution in [2.75, 3.05) is 74.8 Å². The first-order valence-corrected chi connectivity index (χ1v) is 24.5. The van der Waals surface area contributed by atoms with Crippen molar-refractivity contribution < 1.29 is 56.2 Å². The van der Waals surface area contributed by atoms with Gasteiger partial charge in [-0.2, -0.15) is 5.10 Å². The lowest BCUT2D eigenvalue weighted by Crippen LogP contribution is -2.49. The maximum Gasteiger partial charge on any atom is 0.416 e. The molecule has 6 aromatic rings. The number of carbonyl (C=O) groups excluding carboxylic acids is 6. The molecule has 23 heteroatoms. The maximum absolute atomic E-state index is 14.3. The molecule has 8 rings (SSSR count). The van der Waals surface area contributed by atoms with E-state index >= 15 is 0 Å². The van der Waals surface area contributed by atoms with Gasteiger partial charge in [0.15, 0.2) is 11.4 Å². The number of halogens is 2. The van der Waals surface area contributed by atoms with Gasteiger partial charge >= 0.3 is 12.1 Å². The molecule has 0 unspecified atom stereocenters. The van der Waals surface area contributed by atoms with Crippen molar-refractivity contribution in [2.45, 2.75) is 71.9 Å². The van der Waals surface area contributed by atoms with Crippen molar-refractivity contribution in [3.05, 3.63) is 102 Å². The molecule has 5 heterocycles. The van der Waals surface area contributed by atoms with Crippen molar-refractivity contribution in [1.29, 1.82) is 0 Å². The number of alkyl halides is 2. The minimum Gasteiger partial charge on any atom is -0.444 e. The molecule has 7 amide bonds. The average Bonchev–Trinajstić information content (AvgIpc) is 3.67. The third-order valence-corrected chi connectivity index (χ3v) is 12.1. The number of ether oxygens (including phenoxy) is 3. The van der Waals surface area contributed by atoms with Crippen LogP contribution in [-0.2, 0) is 19.0 Å². The van der Waals surface area contributed by atoms with Gasteiger partial charge in [0.1, 0.15) is 17.7 Å². The standard InChI is InChI=1S/C52H59F2N11O10/c1-31(2)62-18-14-37-40(62)25-35(26-41(37)63-19-15-43(66)59-50(63)70)46(67)56-17-21-72-23-24-73-22-20-61(6)49(69)33-9-11-36(12-10-33)65-29-38(44(60-65)45(53)54)57-47(68)39-30-74-48(58-39)34-13-16-55-42(27-34)64(28-32-7-8-32)51(71)75-52(3,4)5/h9-14,16,18,25-27,29-32,45H,7-8,15,17,19-24,28H2,1-6H3,(H,56,67)(H,57,68)(H,59,66,70). The number of likely N-dealkylation sites (N-methyl/N-ethyl adjacent to an activating group) is 1. The van der Waals surface area contributed by atoms with E-state index in [0.29, 0.717) is 46.3 Å². The van der Waals surface area contributed by atoms with Gasteiger partial charge in [0, 0.05) is 80.2 Å². The molecule has 1 aliphatic carbocycles. The average molecular weight is 1040 g/mol. The topological polar surface area (TPSA) is 238 Å². The Balaban J connectivity index is 0.781. The van der Waals surface area contributed by atoms with Gasteiger partial charge in [-0.1, -0.05) is 0 Å². The summed E-state index contributed by atoms with van der Waals surface area (Å²) in [5.74, 6) is -1.18. The highest BCUT2D eigenvalue weighted by Crippen LogP contribution is 2.35. The normalized spacial score (nSPS) is 13.9. The first-order chi connectivity index (χ1) is 35.8. The van der Waals surface area contributed by atoms with E-state index in [1.165, 1.54) is 51.4 Å². The molecular weight excluding hydrogens is 977 g/mol. The minimum atomic E-state index is -3.05. The van der Waals surface area contributed by atoms with Crippen LogP contribution >= 0.6 is 0 Å². The fraction of sp³-hybridized carbons (Fsp3) is 0.404. The van der Waals surface area contributed by atoms with Gasteiger partial charge in [-0.25, -0.2) is 33.0 Å². The van der Waals surface area contributed by atoms with Crippen molar-refractivity contribution in [3.63, 3.8) is 0 Å². The summed E-state index contributed by atoms with van der Waals surface area (Å²) >= 11 is 0. The Morgan fingerprint density at radius 1 is 0.947 bits per heavy atom. The van der Waals surface area contributed by atoms with Gasteiger partial charge in [0.05, 0.1) is 55.2 Å². The SMILES string of the molecule is CC(C)n1ccc2c(N3CCC(=O)NC3=O)cc(C(=O)NCCOCCOCCN(C)C(=O)c3ccc(-n4cc(NC(=O)c5coc(-c6ccnc(N(CC7CC7)C(=O)OC(C)(C)C)c6)n5)c(C(F)F)n4)cc3)cc21. The minimum absolute atomic E-state index is 0.0351. The van der Waals surface area contributed by atoms with E-state index in [0.717, 1.165) is 34.7 Å². The Kier molecular flexibility index (Phi) is 16.3. The summed E-state index contributed by atoms with van der Waals surface area (Å²) < 4.78 is 54.2. The fourth-order valence-corrected chi connectivity index (χ4v) is 8.09. The molecular formula is C52H59F2N11O10. The summed E-state index contributed by atoms with van der Waals surface area (Å²) in [4.78, 5) is 90.6. The van der Waals surface area contributed by atoms with Gasteiger partial charge in [-0.05, 0) is 108 Å². The number of imide groups is 1. The highest BCUT2D eigenvalue weighted by Gasteiger charge is 2.32. The second-order valence-corrected chi connectivity index (χ2v) is 19.4. The number of benzene rings is 2. The number of rotatable bonds is 21. The van der Waals surface area contributed by atoms with Crippen LogP contribution in [0.1, 0.15) is 103 Å². The molecule has 0 radical (unpaired) electrons. The van der Waals surface area contributed by atoms with Crippen molar-refractivity contribution >= 4 is 63.8 Å². The van der Waals surface area contributed by atoms with E-state index in [1.54, 1.807) is 52.1 Å². The number of nitrogens with zero attached hydrogens (tertiary/aromatic N) is 8. The van der Waals surface area contributed by atoms with Gasteiger partial charge in [-0.3, -0.25) is 34.3 Å². The second-order valence-electron chi connectivity index (χ2n) is 19.4. The molecule has 21 nitrogen and oxygen atoms in total. The molecule has 2 aromatic carbocycles. The number of fused-ring (bicyclic) bond motifs is 1. The Morgan fingerprint density at radius 3 is 2.39 bits per heavy atom. The first kappa shape index (κ1) is 53.2. The number of oxazole rings is 1. The Morgan fingerprint density at radius 2 is 1.69 bits per heavy atom. The molecule has 0 bridgehead atoms. The number of amides is 7. The Bertz CT molecular complexity index is 3070. The van der Waals surface area contributed by atoms with E-state index in [-0.39, 0.29) is 93.5 Å². The molecule has 2 fully saturated rings. The van der Waals surface area contributed by atoms with E-state index in [9.17, 15) is 37.5 Å². The van der Waals surface area contributed by atoms with Gasteiger partial charge in [0.2, 0.25) is 11.8 Å². The number of hydrogen-bond donors (Lipinski definition) is 3. The smallest absolute Gasteiger partial charge is 0.416 e. The van der Waals surface area contributed by atoms with Crippen molar-refractivity contribution in [1.82, 2.24) is 39.8 Å². The largest absolute Gasteiger partial charge is 0.444 e. The molecule has 1 aliphatic heterocycles. The first-order valence-electron chi connectivity index (χ1n) is 24.5. The molecule has 3 N–H and O–H groups in total. The summed E-state index contributed by atoms with van der Waals surface area (Å²) in [7, 11) is 1.61. The van der Waals surface area contributed by atoms with Crippen LogP contribution in [0.15, 0.2) is 83.9 Å². The molecule has 75 heavy (non-hydrogen) atoms. The zero-order chi connectivity index (χ0) is 53.6. The lowest BCUT2D eigenvalue weighted by atomic mass is 10.1. The summed E-state index contributed by atoms with van der Waals surface area (Å²) in [5, 5.41) is 12.4. The highest BCUT2D eigenvalue weighted by atomic mass is 19.3. The molecule has 2 aliphatic rings. The van der Waals surface area contributed by atoms with Crippen molar-refractivity contribution in [2.24, 2.45) is 5.92 Å². The lowest BCUT2D eigenvalue weighted by molar-refractivity contribution is -0.120. The number of hydrogen-bond acceptors (Lipinski definition) is 13. The van der Waals surface area contributed by atoms with Crippen LogP contribution in [0.2, 0.25) is 0 Å². The molecule has 0 spiro atoms. The number of aromatic nitrogens is 5. The van der Waals surface area contributed by atoms with Crippen LogP contribution in [0.5, 0.6) is 0 Å². The Hall–Kier alpha value is -8.05. The molecule has 396 valence electrons. The van der Waals surface area contributed by atoms with Crippen LogP contribution in [0.25, 0.3) is 28.0 Å². The van der Waals surface area contributed by atoms with Gasteiger partial charge in [-0.15, -0.1) is 0 Å². The number of anilines is 3. The highest BCUT2D eigenvalue weighted by molar-refractivity contribution is 6.12. The van der Waals surface area contributed by atoms with E-state index in [2.05, 4.69) is 31.0 Å². The van der Waals surface area contributed by atoms with Crippen LogP contribution in [-0.4, -0.2) is 130 Å². The van der Waals surface area contributed by atoms with E-state index in [4.69, 9.17) is 18.6 Å². The quantitative estimate of drug-likeness (QED) is 0.0585. The zero-order valence-corrected chi connectivity index (χ0v) is 42.4. The summed E-state index contributed by atoms with van der Waals surface area (Å²) in [6.07, 6.45) is 4.22. The van der Waals surface area contributed by atoms with Gasteiger partial charge in [0.25, 0.3) is 24.1 Å². The van der Waals surface area contributed by atoms with Crippen LogP contribution in [0.3, 0.4) is 0 Å². The predicted octanol–water partition coefficient (Wildman–Crippen LogP) is 7.78. The molecule has 4 aromatic heterocycles. The van der Waals surface area contributed by atoms with E-state index < -0.39 is 35.8 Å². The van der Waals surface area contributed by atoms with Crippen molar-refractivity contribution in [3.8, 4) is 17.1 Å². The maximum atomic E-state index is 14.3. The predicted molar refractivity (Wildman–Crippen MR) is 271 cm³/mol. The monoisotopic (exact) mass is 1040 g/mol. The summed E-state index contributed by atoms with van der Waals surface area (Å²) in [6.45, 7) is 11.3. The summed E-state index contributed by atoms with van der Waals surface area (Å²) in [6, 6.07) is 14.2. The number of urea groups is 1. The zero-order valence-electron chi connectivity index (χ0n) is 42.4. The van der Waals surface area contributed by atoms with Crippen LogP contribution < -0.4 is 25.8 Å². The van der Waals surface area contributed by atoms with Crippen LogP contribution in [0, 0.1) is 5.92 Å². The molecule has 1 saturated carbocycles. The second kappa shape index (κ2) is 23.0. The number of carbonyl (C=O) groups is 6. The fourth-order valence-electron chi connectivity index (χ4n) is 8.09.